The first-order valence-corrected chi connectivity index (χ1v) is 8.40. The highest BCUT2D eigenvalue weighted by atomic mass is 19.4. The number of nitrogens with one attached hydrogen (secondary N) is 1. The van der Waals surface area contributed by atoms with Crippen molar-refractivity contribution < 1.29 is 18.0 Å². The molecule has 1 aliphatic heterocycles. The van der Waals surface area contributed by atoms with E-state index >= 15 is 0 Å². The molecule has 0 radical (unpaired) electrons. The predicted octanol–water partition coefficient (Wildman–Crippen LogP) is 4.20. The van der Waals surface area contributed by atoms with Gasteiger partial charge in [-0.05, 0) is 50.5 Å². The van der Waals surface area contributed by atoms with Gasteiger partial charge in [-0.25, -0.2) is 0 Å². The van der Waals surface area contributed by atoms with E-state index in [0.717, 1.165) is 38.4 Å². The number of aromatic nitrogens is 1. The van der Waals surface area contributed by atoms with E-state index in [1.807, 2.05) is 4.90 Å². The molecule has 1 fully saturated rings. The van der Waals surface area contributed by atoms with E-state index in [4.69, 9.17) is 0 Å². The molecule has 0 aromatic carbocycles. The molecular formula is C19H22F3N3O. The van der Waals surface area contributed by atoms with Gasteiger partial charge in [0, 0.05) is 42.3 Å². The third-order valence-electron chi connectivity index (χ3n) is 4.13. The molecule has 7 heteroatoms. The second kappa shape index (κ2) is 8.69. The monoisotopic (exact) mass is 365 g/mol. The number of nitrogens with zero attached hydrogens (tertiary/aromatic N) is 2. The molecule has 0 atom stereocenters. The van der Waals surface area contributed by atoms with Gasteiger partial charge < -0.3 is 10.2 Å². The number of amides is 1. The maximum atomic E-state index is 12.7. The van der Waals surface area contributed by atoms with Gasteiger partial charge in [-0.1, -0.05) is 6.58 Å². The third-order valence-corrected chi connectivity index (χ3v) is 4.13. The van der Waals surface area contributed by atoms with E-state index in [1.54, 1.807) is 19.1 Å². The Morgan fingerprint density at radius 2 is 1.81 bits per heavy atom. The fourth-order valence-corrected chi connectivity index (χ4v) is 2.69. The largest absolute Gasteiger partial charge is 0.415 e. The summed E-state index contributed by atoms with van der Waals surface area (Å²) in [7, 11) is 0. The molecule has 2 heterocycles. The number of hydrogen-bond donors (Lipinski definition) is 1. The molecule has 26 heavy (non-hydrogen) atoms. The zero-order valence-corrected chi connectivity index (χ0v) is 14.6. The Labute approximate surface area is 151 Å². The number of piperidine rings is 1. The average Bonchev–Trinajstić information content (AvgIpc) is 2.62. The first kappa shape index (κ1) is 19.8. The van der Waals surface area contributed by atoms with Gasteiger partial charge in [-0.2, -0.15) is 13.2 Å². The minimum atomic E-state index is -4.47. The van der Waals surface area contributed by atoms with Crippen molar-refractivity contribution in [2.24, 2.45) is 0 Å². The van der Waals surface area contributed by atoms with Crippen LogP contribution in [0.25, 0.3) is 0 Å². The lowest BCUT2D eigenvalue weighted by molar-refractivity contribution is -0.0878. The van der Waals surface area contributed by atoms with Gasteiger partial charge in [0.15, 0.2) is 0 Å². The van der Waals surface area contributed by atoms with Gasteiger partial charge in [-0.15, -0.1) is 0 Å². The van der Waals surface area contributed by atoms with Crippen molar-refractivity contribution in [3.05, 3.63) is 65.8 Å². The van der Waals surface area contributed by atoms with Crippen molar-refractivity contribution >= 4 is 5.91 Å². The van der Waals surface area contributed by atoms with Crippen LogP contribution in [0.3, 0.4) is 0 Å². The van der Waals surface area contributed by atoms with Gasteiger partial charge in [0.25, 0.3) is 5.91 Å². The van der Waals surface area contributed by atoms with Crippen molar-refractivity contribution in [2.45, 2.75) is 32.4 Å². The molecule has 1 aromatic heterocycles. The fraction of sp³-hybridized carbons (Fsp3) is 0.368. The Morgan fingerprint density at radius 3 is 2.38 bits per heavy atom. The lowest BCUT2D eigenvalue weighted by atomic mass is 10.1. The second-order valence-corrected chi connectivity index (χ2v) is 6.10. The van der Waals surface area contributed by atoms with E-state index in [2.05, 4.69) is 16.9 Å². The third kappa shape index (κ3) is 5.47. The molecule has 2 rings (SSSR count). The number of rotatable bonds is 5. The number of hydrogen-bond acceptors (Lipinski definition) is 3. The molecule has 0 saturated carbocycles. The Balaban J connectivity index is 2.25. The van der Waals surface area contributed by atoms with Crippen molar-refractivity contribution in [1.29, 1.82) is 0 Å². The van der Waals surface area contributed by atoms with Crippen LogP contribution in [0, 0.1) is 0 Å². The van der Waals surface area contributed by atoms with E-state index in [0.29, 0.717) is 17.0 Å². The molecule has 1 amide bonds. The van der Waals surface area contributed by atoms with E-state index in [1.165, 1.54) is 18.5 Å². The summed E-state index contributed by atoms with van der Waals surface area (Å²) < 4.78 is 38.2. The summed E-state index contributed by atoms with van der Waals surface area (Å²) in [6, 6.07) is 3.15. The normalized spacial score (nSPS) is 16.4. The van der Waals surface area contributed by atoms with Gasteiger partial charge in [0.05, 0.1) is 5.70 Å². The van der Waals surface area contributed by atoms with E-state index < -0.39 is 11.7 Å². The number of halogens is 3. The molecule has 0 bridgehead atoms. The molecule has 0 spiro atoms. The Bertz CT molecular complexity index is 702. The first-order chi connectivity index (χ1) is 12.3. The topological polar surface area (TPSA) is 45.2 Å². The number of alkyl halides is 3. The maximum absolute atomic E-state index is 12.7. The van der Waals surface area contributed by atoms with Crippen LogP contribution >= 0.6 is 0 Å². The minimum absolute atomic E-state index is 0.331. The molecule has 140 valence electrons. The maximum Gasteiger partial charge on any atom is 0.415 e. The fourth-order valence-electron chi connectivity index (χ4n) is 2.69. The van der Waals surface area contributed by atoms with Crippen LogP contribution in [-0.2, 0) is 0 Å². The molecule has 0 unspecified atom stereocenters. The van der Waals surface area contributed by atoms with Crippen LogP contribution < -0.4 is 5.32 Å². The highest BCUT2D eigenvalue weighted by molar-refractivity contribution is 5.95. The van der Waals surface area contributed by atoms with E-state index in [-0.39, 0.29) is 5.91 Å². The van der Waals surface area contributed by atoms with E-state index in [9.17, 15) is 18.0 Å². The number of carbonyl (C=O) groups is 1. The lowest BCUT2D eigenvalue weighted by Gasteiger charge is -2.31. The summed E-state index contributed by atoms with van der Waals surface area (Å²) in [5.74, 6) is -0.331. The molecule has 4 nitrogen and oxygen atoms in total. The van der Waals surface area contributed by atoms with Crippen molar-refractivity contribution in [2.75, 3.05) is 13.1 Å². The number of likely N-dealkylation sites (tertiary alicyclic amines) is 1. The zero-order chi connectivity index (χ0) is 19.2. The van der Waals surface area contributed by atoms with Crippen molar-refractivity contribution in [3.63, 3.8) is 0 Å². The highest BCUT2D eigenvalue weighted by Gasteiger charge is 2.30. The number of pyridine rings is 1. The quantitative estimate of drug-likeness (QED) is 0.796. The molecule has 0 aliphatic carbocycles. The van der Waals surface area contributed by atoms with Gasteiger partial charge >= 0.3 is 6.18 Å². The summed E-state index contributed by atoms with van der Waals surface area (Å²) in [5.41, 5.74) is 0.568. The zero-order valence-electron chi connectivity index (χ0n) is 14.6. The van der Waals surface area contributed by atoms with Crippen LogP contribution in [0.2, 0.25) is 0 Å². The van der Waals surface area contributed by atoms with Crippen LogP contribution in [0.1, 0.15) is 36.5 Å². The Kier molecular flexibility index (Phi) is 6.60. The summed E-state index contributed by atoms with van der Waals surface area (Å²) in [4.78, 5) is 18.2. The number of allylic oxidation sites excluding steroid dienone is 4. The van der Waals surface area contributed by atoms with Crippen LogP contribution in [0.5, 0.6) is 0 Å². The summed E-state index contributed by atoms with van der Waals surface area (Å²) in [6.45, 7) is 6.22. The minimum Gasteiger partial charge on any atom is -0.370 e. The first-order valence-electron chi connectivity index (χ1n) is 8.40. The second-order valence-electron chi connectivity index (χ2n) is 6.10. The Morgan fingerprint density at radius 1 is 1.19 bits per heavy atom. The average molecular weight is 365 g/mol. The highest BCUT2D eigenvalue weighted by Crippen LogP contribution is 2.26. The lowest BCUT2D eigenvalue weighted by Crippen LogP contribution is -2.32. The van der Waals surface area contributed by atoms with Crippen LogP contribution in [-0.4, -0.2) is 35.1 Å². The molecule has 1 saturated heterocycles. The Hall–Kier alpha value is -2.57. The molecule has 1 aliphatic rings. The van der Waals surface area contributed by atoms with Gasteiger partial charge in [0.1, 0.15) is 0 Å². The van der Waals surface area contributed by atoms with Crippen LogP contribution in [0.4, 0.5) is 13.2 Å². The smallest absolute Gasteiger partial charge is 0.370 e. The number of carbonyl (C=O) groups excluding carboxylic acids is 1. The van der Waals surface area contributed by atoms with Gasteiger partial charge in [0.2, 0.25) is 0 Å². The van der Waals surface area contributed by atoms with Gasteiger partial charge in [-0.3, -0.25) is 9.78 Å². The SMILES string of the molecule is C=C(/C=C\C(=C(/C)NC(=O)c1ccncc1)N1CCCCC1)C(F)(F)F. The van der Waals surface area contributed by atoms with Crippen molar-refractivity contribution in [3.8, 4) is 0 Å². The van der Waals surface area contributed by atoms with Crippen molar-refractivity contribution in [1.82, 2.24) is 15.2 Å². The standard InChI is InChI=1S/C19H22F3N3O/c1-14(19(20,21)22)6-7-17(25-12-4-3-5-13-25)15(2)24-18(26)16-8-10-23-11-9-16/h6-11H,1,3-5,12-13H2,2H3,(H,24,26)/b7-6-,17-15-. The molecule has 1 aromatic rings. The van der Waals surface area contributed by atoms with Crippen LogP contribution in [0.15, 0.2) is 60.2 Å². The predicted molar refractivity (Wildman–Crippen MR) is 94.2 cm³/mol. The summed E-state index contributed by atoms with van der Waals surface area (Å²) in [6.07, 6.45) is 3.88. The molecular weight excluding hydrogens is 343 g/mol. The molecule has 1 N–H and O–H groups in total. The summed E-state index contributed by atoms with van der Waals surface area (Å²) >= 11 is 0. The summed E-state index contributed by atoms with van der Waals surface area (Å²) in [5, 5.41) is 2.77.